The lowest BCUT2D eigenvalue weighted by molar-refractivity contribution is -0.155. The summed E-state index contributed by atoms with van der Waals surface area (Å²) in [6.45, 7) is 2.16. The predicted octanol–water partition coefficient (Wildman–Crippen LogP) is 4.85. The third-order valence-electron chi connectivity index (χ3n) is 5.51. The highest BCUT2D eigenvalue weighted by Gasteiger charge is 2.36. The van der Waals surface area contributed by atoms with E-state index in [4.69, 9.17) is 9.47 Å². The average Bonchev–Trinajstić information content (AvgIpc) is 2.72. The van der Waals surface area contributed by atoms with Crippen LogP contribution in [0.4, 0.5) is 0 Å². The van der Waals surface area contributed by atoms with Gasteiger partial charge in [0, 0.05) is 36.1 Å². The lowest BCUT2D eigenvalue weighted by atomic mass is 9.93. The van der Waals surface area contributed by atoms with Crippen LogP contribution in [0, 0.1) is 0 Å². The molecule has 0 spiro atoms. The summed E-state index contributed by atoms with van der Waals surface area (Å²) in [5.74, 6) is -0.951. The van der Waals surface area contributed by atoms with Crippen molar-refractivity contribution in [1.82, 2.24) is 0 Å². The van der Waals surface area contributed by atoms with Crippen LogP contribution in [0.15, 0.2) is 30.3 Å². The second kappa shape index (κ2) is 10.3. The zero-order valence-corrected chi connectivity index (χ0v) is 17.7. The number of phenols is 4. The number of unbranched alkanes of at least 4 members (excludes halogenated alkanes) is 5. The summed E-state index contributed by atoms with van der Waals surface area (Å²) in [4.78, 5) is 12.5. The molecule has 31 heavy (non-hydrogen) atoms. The van der Waals surface area contributed by atoms with Gasteiger partial charge in [-0.15, -0.1) is 0 Å². The molecule has 0 saturated heterocycles. The number of carbonyl (C=O) groups is 1. The van der Waals surface area contributed by atoms with E-state index < -0.39 is 12.2 Å². The van der Waals surface area contributed by atoms with Crippen LogP contribution in [0.25, 0.3) is 0 Å². The van der Waals surface area contributed by atoms with Gasteiger partial charge in [0.15, 0.2) is 17.6 Å². The molecular formula is C24H30O7. The lowest BCUT2D eigenvalue weighted by Gasteiger charge is -2.34. The molecule has 3 rings (SSSR count). The molecule has 0 fully saturated rings. The molecule has 168 valence electrons. The van der Waals surface area contributed by atoms with Crippen LogP contribution < -0.4 is 4.74 Å². The van der Waals surface area contributed by atoms with Gasteiger partial charge < -0.3 is 29.9 Å². The molecule has 2 atom stereocenters. The Labute approximate surface area is 181 Å². The molecule has 0 unspecified atom stereocenters. The van der Waals surface area contributed by atoms with E-state index in [2.05, 4.69) is 6.92 Å². The smallest absolute Gasteiger partial charge is 0.306 e. The quantitative estimate of drug-likeness (QED) is 0.255. The fraction of sp³-hybridized carbons (Fsp3) is 0.458. The SMILES string of the molecule is CCCCCCCCC(=O)O[C@H]1Cc2c(O)cc(O)cc2O[C@@H]1c1ccc(O)c(O)c1. The molecule has 1 heterocycles. The summed E-state index contributed by atoms with van der Waals surface area (Å²) in [6, 6.07) is 6.85. The standard InChI is InChI=1S/C24H30O7/c1-2-3-4-5-6-7-8-23(29)30-22-14-17-19(27)12-16(25)13-21(17)31-24(22)15-9-10-18(26)20(28)11-15/h9-13,22,24-28H,2-8,14H2,1H3/t22-,24+/m0/s1. The van der Waals surface area contributed by atoms with Crippen molar-refractivity contribution in [3.05, 3.63) is 41.5 Å². The highest BCUT2D eigenvalue weighted by molar-refractivity contribution is 5.69. The molecule has 4 N–H and O–H groups in total. The zero-order valence-electron chi connectivity index (χ0n) is 17.7. The molecule has 0 aliphatic carbocycles. The Balaban J connectivity index is 1.74. The van der Waals surface area contributed by atoms with Crippen LogP contribution in [0.1, 0.15) is 69.1 Å². The summed E-state index contributed by atoms with van der Waals surface area (Å²) in [7, 11) is 0. The maximum atomic E-state index is 12.5. The number of aromatic hydroxyl groups is 4. The van der Waals surface area contributed by atoms with Gasteiger partial charge in [0.1, 0.15) is 23.4 Å². The Hall–Kier alpha value is -3.09. The molecule has 2 aromatic rings. The third kappa shape index (κ3) is 5.75. The number of ether oxygens (including phenoxy) is 2. The molecule has 7 nitrogen and oxygen atoms in total. The largest absolute Gasteiger partial charge is 0.508 e. The third-order valence-corrected chi connectivity index (χ3v) is 5.51. The minimum atomic E-state index is -0.770. The van der Waals surface area contributed by atoms with Gasteiger partial charge in [-0.05, 0) is 18.6 Å². The lowest BCUT2D eigenvalue weighted by Crippen LogP contribution is -2.34. The number of hydrogen-bond donors (Lipinski definition) is 4. The van der Waals surface area contributed by atoms with Crippen molar-refractivity contribution in [2.45, 2.75) is 70.5 Å². The van der Waals surface area contributed by atoms with Crippen LogP contribution >= 0.6 is 0 Å². The van der Waals surface area contributed by atoms with Gasteiger partial charge in [-0.2, -0.15) is 0 Å². The van der Waals surface area contributed by atoms with Crippen LogP contribution in [-0.2, 0) is 16.0 Å². The van der Waals surface area contributed by atoms with Crippen molar-refractivity contribution in [3.63, 3.8) is 0 Å². The minimum absolute atomic E-state index is 0.140. The van der Waals surface area contributed by atoms with E-state index in [-0.39, 0.29) is 41.1 Å². The molecule has 0 bridgehead atoms. The molecule has 2 aromatic carbocycles. The Morgan fingerprint density at radius 3 is 2.45 bits per heavy atom. The van der Waals surface area contributed by atoms with Crippen LogP contribution in [0.2, 0.25) is 0 Å². The van der Waals surface area contributed by atoms with E-state index in [9.17, 15) is 25.2 Å². The van der Waals surface area contributed by atoms with Crippen molar-refractivity contribution in [2.24, 2.45) is 0 Å². The number of phenolic OH excluding ortho intramolecular Hbond substituents is 4. The van der Waals surface area contributed by atoms with Crippen LogP contribution in [0.5, 0.6) is 28.7 Å². The Bertz CT molecular complexity index is 909. The van der Waals surface area contributed by atoms with Crippen LogP contribution in [-0.4, -0.2) is 32.5 Å². The number of rotatable bonds is 9. The summed E-state index contributed by atoms with van der Waals surface area (Å²) < 4.78 is 11.7. The fourth-order valence-electron chi connectivity index (χ4n) is 3.83. The average molecular weight is 430 g/mol. The molecule has 1 aliphatic heterocycles. The van der Waals surface area contributed by atoms with Gasteiger partial charge in [0.2, 0.25) is 0 Å². The monoisotopic (exact) mass is 430 g/mol. The normalized spacial score (nSPS) is 17.6. The number of esters is 1. The second-order valence-corrected chi connectivity index (χ2v) is 7.98. The Kier molecular flexibility index (Phi) is 7.50. The first-order chi connectivity index (χ1) is 14.9. The summed E-state index contributed by atoms with van der Waals surface area (Å²) in [5, 5.41) is 39.5. The Morgan fingerprint density at radius 2 is 1.71 bits per heavy atom. The van der Waals surface area contributed by atoms with Gasteiger partial charge in [-0.25, -0.2) is 0 Å². The molecule has 7 heteroatoms. The molecular weight excluding hydrogens is 400 g/mol. The van der Waals surface area contributed by atoms with Crippen molar-refractivity contribution in [3.8, 4) is 28.7 Å². The number of carbonyl (C=O) groups excluding carboxylic acids is 1. The van der Waals surface area contributed by atoms with Crippen molar-refractivity contribution in [1.29, 1.82) is 0 Å². The topological polar surface area (TPSA) is 116 Å². The number of fused-ring (bicyclic) bond motifs is 1. The first-order valence-electron chi connectivity index (χ1n) is 10.8. The van der Waals surface area contributed by atoms with Crippen molar-refractivity contribution in [2.75, 3.05) is 0 Å². The minimum Gasteiger partial charge on any atom is -0.508 e. The Morgan fingerprint density at radius 1 is 0.968 bits per heavy atom. The van der Waals surface area contributed by atoms with Crippen molar-refractivity contribution < 1.29 is 34.7 Å². The summed E-state index contributed by atoms with van der Waals surface area (Å²) in [6.07, 6.45) is 5.32. The van der Waals surface area contributed by atoms with E-state index in [0.717, 1.165) is 25.7 Å². The zero-order chi connectivity index (χ0) is 22.4. The van der Waals surface area contributed by atoms with Gasteiger partial charge in [0.25, 0.3) is 0 Å². The highest BCUT2D eigenvalue weighted by atomic mass is 16.6. The maximum Gasteiger partial charge on any atom is 0.306 e. The van der Waals surface area contributed by atoms with E-state index in [1.165, 1.54) is 37.1 Å². The van der Waals surface area contributed by atoms with Crippen LogP contribution in [0.3, 0.4) is 0 Å². The molecule has 1 aliphatic rings. The molecule has 0 radical (unpaired) electrons. The second-order valence-electron chi connectivity index (χ2n) is 7.98. The first-order valence-corrected chi connectivity index (χ1v) is 10.8. The van der Waals surface area contributed by atoms with E-state index in [0.29, 0.717) is 17.5 Å². The predicted molar refractivity (Wildman–Crippen MR) is 114 cm³/mol. The van der Waals surface area contributed by atoms with E-state index >= 15 is 0 Å². The van der Waals surface area contributed by atoms with Crippen molar-refractivity contribution >= 4 is 5.97 Å². The number of hydrogen-bond acceptors (Lipinski definition) is 7. The van der Waals surface area contributed by atoms with Gasteiger partial charge in [-0.1, -0.05) is 45.1 Å². The van der Waals surface area contributed by atoms with Gasteiger partial charge in [0.05, 0.1) is 0 Å². The first kappa shape index (κ1) is 22.6. The number of benzene rings is 2. The molecule has 0 saturated carbocycles. The highest BCUT2D eigenvalue weighted by Crippen LogP contribution is 2.43. The van der Waals surface area contributed by atoms with Gasteiger partial charge >= 0.3 is 5.97 Å². The summed E-state index contributed by atoms with van der Waals surface area (Å²) >= 11 is 0. The fourth-order valence-corrected chi connectivity index (χ4v) is 3.83. The summed E-state index contributed by atoms with van der Waals surface area (Å²) in [5.41, 5.74) is 0.940. The molecule has 0 aromatic heterocycles. The van der Waals surface area contributed by atoms with E-state index in [1.54, 1.807) is 6.07 Å². The maximum absolute atomic E-state index is 12.5. The van der Waals surface area contributed by atoms with E-state index in [1.807, 2.05) is 0 Å². The molecule has 0 amide bonds. The van der Waals surface area contributed by atoms with Gasteiger partial charge in [-0.3, -0.25) is 4.79 Å².